The second kappa shape index (κ2) is 8.94. The first-order valence-electron chi connectivity index (χ1n) is 6.24. The largest absolute Gasteiger partial charge is 0.494 e. The summed E-state index contributed by atoms with van der Waals surface area (Å²) in [6.45, 7) is 2.90. The molecule has 1 N–H and O–H groups in total. The van der Waals surface area contributed by atoms with E-state index in [-0.39, 0.29) is 0 Å². The van der Waals surface area contributed by atoms with Gasteiger partial charge >= 0.3 is 11.4 Å². The maximum Gasteiger partial charge on any atom is 0.357 e. The van der Waals surface area contributed by atoms with Crippen LogP contribution >= 0.6 is 0 Å². The van der Waals surface area contributed by atoms with E-state index < -0.39 is 11.4 Å². The fourth-order valence-corrected chi connectivity index (χ4v) is 1.85. The van der Waals surface area contributed by atoms with Crippen molar-refractivity contribution >= 4 is 11.4 Å². The van der Waals surface area contributed by atoms with Crippen LogP contribution in [0.15, 0.2) is 24.3 Å². The maximum atomic E-state index is 10.4. The third-order valence-electron chi connectivity index (χ3n) is 2.51. The average Bonchev–Trinajstić information content (AvgIpc) is 2.35. The van der Waals surface area contributed by atoms with Gasteiger partial charge in [-0.3, -0.25) is 4.55 Å². The van der Waals surface area contributed by atoms with Gasteiger partial charge in [-0.25, -0.2) is 0 Å². The number of ether oxygens (including phenoxy) is 1. The Morgan fingerprint density at radius 1 is 1.06 bits per heavy atom. The Bertz CT molecular complexity index is 351. The second-order valence-corrected chi connectivity index (χ2v) is 4.64. The fourth-order valence-electron chi connectivity index (χ4n) is 1.57. The van der Waals surface area contributed by atoms with Crippen molar-refractivity contribution < 1.29 is 17.7 Å². The molecule has 102 valence electrons. The van der Waals surface area contributed by atoms with Crippen molar-refractivity contribution in [2.75, 3.05) is 6.61 Å². The molecule has 0 bridgehead atoms. The molecule has 1 aromatic carbocycles. The van der Waals surface area contributed by atoms with Crippen LogP contribution < -0.4 is 8.92 Å². The molecule has 0 aliphatic rings. The van der Waals surface area contributed by atoms with E-state index in [0.29, 0.717) is 12.4 Å². The summed E-state index contributed by atoms with van der Waals surface area (Å²) in [6.07, 6.45) is 6.03. The summed E-state index contributed by atoms with van der Waals surface area (Å²) in [5.41, 5.74) is 0. The first kappa shape index (κ1) is 15.0. The first-order chi connectivity index (χ1) is 8.72. The quantitative estimate of drug-likeness (QED) is 0.551. The average molecular weight is 272 g/mol. The number of benzene rings is 1. The lowest BCUT2D eigenvalue weighted by molar-refractivity contribution is 0.304. The van der Waals surface area contributed by atoms with Gasteiger partial charge in [-0.1, -0.05) is 32.6 Å². The predicted molar refractivity (Wildman–Crippen MR) is 72.1 cm³/mol. The molecule has 0 saturated carbocycles. The number of rotatable bonds is 9. The number of hydrogen-bond acceptors (Lipinski definition) is 3. The minimum Gasteiger partial charge on any atom is -0.494 e. The van der Waals surface area contributed by atoms with E-state index in [2.05, 4.69) is 11.1 Å². The molecule has 1 rings (SSSR count). The van der Waals surface area contributed by atoms with Crippen molar-refractivity contribution in [3.63, 3.8) is 0 Å². The zero-order valence-electron chi connectivity index (χ0n) is 10.6. The van der Waals surface area contributed by atoms with Crippen LogP contribution in [0.1, 0.15) is 39.0 Å². The van der Waals surface area contributed by atoms with Crippen LogP contribution in [0.5, 0.6) is 11.5 Å². The van der Waals surface area contributed by atoms with Crippen LogP contribution in [0.3, 0.4) is 0 Å². The highest BCUT2D eigenvalue weighted by atomic mass is 32.2. The summed E-state index contributed by atoms with van der Waals surface area (Å²) >= 11 is -2.27. The molecule has 0 heterocycles. The molecule has 0 radical (unpaired) electrons. The van der Waals surface area contributed by atoms with E-state index in [1.165, 1.54) is 25.7 Å². The molecule has 1 unspecified atom stereocenters. The lowest BCUT2D eigenvalue weighted by Crippen LogP contribution is -1.99. The predicted octanol–water partition coefficient (Wildman–Crippen LogP) is 3.55. The van der Waals surface area contributed by atoms with E-state index >= 15 is 0 Å². The van der Waals surface area contributed by atoms with E-state index in [9.17, 15) is 4.21 Å². The van der Waals surface area contributed by atoms with Gasteiger partial charge in [-0.05, 0) is 30.7 Å². The molecule has 4 nitrogen and oxygen atoms in total. The third-order valence-corrected chi connectivity index (χ3v) is 2.84. The molecule has 5 heteroatoms. The van der Waals surface area contributed by atoms with E-state index in [0.717, 1.165) is 12.2 Å². The lowest BCUT2D eigenvalue weighted by atomic mass is 10.2. The Labute approximate surface area is 111 Å². The topological polar surface area (TPSA) is 55.8 Å². The zero-order valence-corrected chi connectivity index (χ0v) is 11.4. The smallest absolute Gasteiger partial charge is 0.357 e. The minimum atomic E-state index is -2.27. The van der Waals surface area contributed by atoms with Gasteiger partial charge in [0.1, 0.15) is 11.5 Å². The summed E-state index contributed by atoms with van der Waals surface area (Å²) in [5.74, 6) is 1.10. The molecule has 1 aromatic rings. The molecular weight excluding hydrogens is 252 g/mol. The maximum absolute atomic E-state index is 10.4. The highest BCUT2D eigenvalue weighted by molar-refractivity contribution is 7.74. The Morgan fingerprint density at radius 2 is 1.67 bits per heavy atom. The summed E-state index contributed by atoms with van der Waals surface area (Å²) in [6, 6.07) is 6.68. The lowest BCUT2D eigenvalue weighted by Gasteiger charge is -2.06. The van der Waals surface area contributed by atoms with E-state index in [4.69, 9.17) is 9.29 Å². The highest BCUT2D eigenvalue weighted by Crippen LogP contribution is 2.18. The SMILES string of the molecule is CCCCCCCOc1ccc(OS(=O)O)cc1. The molecule has 0 aliphatic heterocycles. The molecule has 0 aliphatic carbocycles. The van der Waals surface area contributed by atoms with Gasteiger partial charge in [0.2, 0.25) is 0 Å². The van der Waals surface area contributed by atoms with Crippen molar-refractivity contribution in [2.24, 2.45) is 0 Å². The molecule has 0 amide bonds. The minimum absolute atomic E-state index is 0.353. The molecule has 0 spiro atoms. The van der Waals surface area contributed by atoms with Gasteiger partial charge in [0.15, 0.2) is 0 Å². The zero-order chi connectivity index (χ0) is 13.2. The van der Waals surface area contributed by atoms with E-state index in [1.54, 1.807) is 24.3 Å². The van der Waals surface area contributed by atoms with Crippen molar-refractivity contribution in [1.29, 1.82) is 0 Å². The van der Waals surface area contributed by atoms with Crippen molar-refractivity contribution in [2.45, 2.75) is 39.0 Å². The van der Waals surface area contributed by atoms with Gasteiger partial charge in [-0.15, -0.1) is 0 Å². The van der Waals surface area contributed by atoms with Gasteiger partial charge in [0.05, 0.1) is 6.61 Å². The van der Waals surface area contributed by atoms with Gasteiger partial charge < -0.3 is 8.92 Å². The highest BCUT2D eigenvalue weighted by Gasteiger charge is 1.99. The molecule has 18 heavy (non-hydrogen) atoms. The van der Waals surface area contributed by atoms with Crippen molar-refractivity contribution in [1.82, 2.24) is 0 Å². The second-order valence-electron chi connectivity index (χ2n) is 4.03. The van der Waals surface area contributed by atoms with Crippen LogP contribution in [0, 0.1) is 0 Å². The molecule has 0 fully saturated rings. The standard InChI is InChI=1S/C13H20O4S/c1-2-3-4-5-6-11-16-12-7-9-13(10-8-12)17-18(14)15/h7-10H,2-6,11H2,1H3,(H,14,15). The normalized spacial score (nSPS) is 12.1. The molecule has 0 saturated heterocycles. The third kappa shape index (κ3) is 6.61. The van der Waals surface area contributed by atoms with Crippen LogP contribution in [0.25, 0.3) is 0 Å². The summed E-state index contributed by atoms with van der Waals surface area (Å²) in [5, 5.41) is 0. The number of unbranched alkanes of at least 4 members (excludes halogenated alkanes) is 4. The van der Waals surface area contributed by atoms with Crippen LogP contribution in [0.4, 0.5) is 0 Å². The fraction of sp³-hybridized carbons (Fsp3) is 0.538. The summed E-state index contributed by atoms with van der Waals surface area (Å²) in [4.78, 5) is 0. The summed E-state index contributed by atoms with van der Waals surface area (Å²) in [7, 11) is 0. The monoisotopic (exact) mass is 272 g/mol. The number of hydrogen-bond donors (Lipinski definition) is 1. The van der Waals surface area contributed by atoms with Crippen LogP contribution in [0.2, 0.25) is 0 Å². The van der Waals surface area contributed by atoms with Gasteiger partial charge in [0.25, 0.3) is 0 Å². The molecular formula is C13H20O4S. The Hall–Kier alpha value is -1.07. The molecule has 1 atom stereocenters. The molecule has 0 aromatic heterocycles. The Morgan fingerprint density at radius 3 is 2.28 bits per heavy atom. The van der Waals surface area contributed by atoms with Crippen molar-refractivity contribution in [3.05, 3.63) is 24.3 Å². The van der Waals surface area contributed by atoms with Crippen LogP contribution in [-0.4, -0.2) is 15.4 Å². The first-order valence-corrected chi connectivity index (χ1v) is 7.27. The van der Waals surface area contributed by atoms with Crippen molar-refractivity contribution in [3.8, 4) is 11.5 Å². The van der Waals surface area contributed by atoms with Crippen LogP contribution in [-0.2, 0) is 11.4 Å². The Kier molecular flexibility index (Phi) is 7.44. The van der Waals surface area contributed by atoms with Gasteiger partial charge in [-0.2, -0.15) is 4.21 Å². The van der Waals surface area contributed by atoms with E-state index in [1.807, 2.05) is 0 Å². The van der Waals surface area contributed by atoms with Gasteiger partial charge in [0, 0.05) is 0 Å². The Balaban J connectivity index is 2.20. The summed E-state index contributed by atoms with van der Waals surface area (Å²) < 4.78 is 29.1.